The fourth-order valence-corrected chi connectivity index (χ4v) is 2.63. The maximum absolute atomic E-state index is 11.9. The van der Waals surface area contributed by atoms with E-state index in [-0.39, 0.29) is 10.8 Å². The molecule has 0 saturated carbocycles. The minimum Gasteiger partial charge on any atom is -0.385 e. The number of primary sulfonamides is 1. The van der Waals surface area contributed by atoms with Crippen molar-refractivity contribution in [2.75, 3.05) is 18.4 Å². The van der Waals surface area contributed by atoms with Crippen molar-refractivity contribution in [3.63, 3.8) is 0 Å². The SMILES string of the molecule is C=CCNC(=O)c1cc(NCCc2ccc(S(N)(=O)=O)cc2)ccn1. The standard InChI is InChI=1S/C17H20N4O3S/c1-2-9-21-17(22)16-12-14(8-11-20-16)19-10-7-13-3-5-15(6-4-13)25(18,23)24/h2-6,8,11-12H,1,7,9-10H2,(H,19,20)(H,21,22)(H2,18,23,24). The Balaban J connectivity index is 1.91. The molecule has 0 unspecified atom stereocenters. The number of anilines is 1. The smallest absolute Gasteiger partial charge is 0.270 e. The molecule has 2 rings (SSSR count). The molecule has 0 atom stereocenters. The molecule has 0 fully saturated rings. The highest BCUT2D eigenvalue weighted by molar-refractivity contribution is 7.89. The molecule has 2 aromatic rings. The number of pyridine rings is 1. The van der Waals surface area contributed by atoms with Crippen LogP contribution in [0.3, 0.4) is 0 Å². The van der Waals surface area contributed by atoms with Gasteiger partial charge in [0.15, 0.2) is 0 Å². The van der Waals surface area contributed by atoms with Crippen LogP contribution in [0.25, 0.3) is 0 Å². The minimum absolute atomic E-state index is 0.0912. The highest BCUT2D eigenvalue weighted by Gasteiger charge is 2.08. The van der Waals surface area contributed by atoms with E-state index in [9.17, 15) is 13.2 Å². The van der Waals surface area contributed by atoms with Crippen LogP contribution in [0.15, 0.2) is 60.1 Å². The molecule has 0 aliphatic carbocycles. The first kappa shape index (κ1) is 18.6. The molecule has 0 bridgehead atoms. The lowest BCUT2D eigenvalue weighted by Crippen LogP contribution is -2.24. The first-order chi connectivity index (χ1) is 11.9. The van der Waals surface area contributed by atoms with Gasteiger partial charge >= 0.3 is 0 Å². The Morgan fingerprint density at radius 2 is 1.96 bits per heavy atom. The van der Waals surface area contributed by atoms with Crippen molar-refractivity contribution in [1.82, 2.24) is 10.3 Å². The van der Waals surface area contributed by atoms with E-state index in [1.807, 2.05) is 0 Å². The van der Waals surface area contributed by atoms with E-state index >= 15 is 0 Å². The number of hydrogen-bond acceptors (Lipinski definition) is 5. The van der Waals surface area contributed by atoms with Crippen LogP contribution in [-0.2, 0) is 16.4 Å². The van der Waals surface area contributed by atoms with E-state index in [4.69, 9.17) is 5.14 Å². The van der Waals surface area contributed by atoms with E-state index in [1.54, 1.807) is 36.5 Å². The molecule has 25 heavy (non-hydrogen) atoms. The summed E-state index contributed by atoms with van der Waals surface area (Å²) in [4.78, 5) is 16.0. The molecular formula is C17H20N4O3S. The van der Waals surface area contributed by atoms with Gasteiger partial charge in [-0.2, -0.15) is 0 Å². The van der Waals surface area contributed by atoms with Gasteiger partial charge in [-0.1, -0.05) is 18.2 Å². The predicted molar refractivity (Wildman–Crippen MR) is 96.8 cm³/mol. The fourth-order valence-electron chi connectivity index (χ4n) is 2.12. The van der Waals surface area contributed by atoms with Crippen molar-refractivity contribution in [2.45, 2.75) is 11.3 Å². The molecule has 0 spiro atoms. The number of benzene rings is 1. The third kappa shape index (κ3) is 5.70. The Bertz CT molecular complexity index is 848. The van der Waals surface area contributed by atoms with Crippen LogP contribution in [-0.4, -0.2) is 32.4 Å². The monoisotopic (exact) mass is 360 g/mol. The highest BCUT2D eigenvalue weighted by atomic mass is 32.2. The van der Waals surface area contributed by atoms with Crippen molar-refractivity contribution in [3.05, 3.63) is 66.5 Å². The summed E-state index contributed by atoms with van der Waals surface area (Å²) in [7, 11) is -3.67. The normalized spacial score (nSPS) is 10.9. The quantitative estimate of drug-likeness (QED) is 0.614. The van der Waals surface area contributed by atoms with Crippen molar-refractivity contribution in [1.29, 1.82) is 0 Å². The molecule has 0 saturated heterocycles. The molecule has 0 radical (unpaired) electrons. The van der Waals surface area contributed by atoms with Gasteiger partial charge in [0.2, 0.25) is 10.0 Å². The summed E-state index contributed by atoms with van der Waals surface area (Å²) in [6.45, 7) is 4.54. The van der Waals surface area contributed by atoms with Crippen LogP contribution in [0.5, 0.6) is 0 Å². The molecule has 0 aliphatic rings. The Labute approximate surface area is 147 Å². The molecule has 1 amide bonds. The Morgan fingerprint density at radius 1 is 1.24 bits per heavy atom. The average Bonchev–Trinajstić information content (AvgIpc) is 2.59. The molecule has 7 nitrogen and oxygen atoms in total. The van der Waals surface area contributed by atoms with E-state index in [1.165, 1.54) is 12.1 Å². The van der Waals surface area contributed by atoms with E-state index in [0.29, 0.717) is 25.2 Å². The number of aromatic nitrogens is 1. The summed E-state index contributed by atoms with van der Waals surface area (Å²) >= 11 is 0. The van der Waals surface area contributed by atoms with E-state index in [2.05, 4.69) is 22.2 Å². The van der Waals surface area contributed by atoms with E-state index in [0.717, 1.165) is 11.3 Å². The number of nitrogens with zero attached hydrogens (tertiary/aromatic N) is 1. The Morgan fingerprint density at radius 3 is 2.60 bits per heavy atom. The molecule has 132 valence electrons. The van der Waals surface area contributed by atoms with Crippen LogP contribution in [0.4, 0.5) is 5.69 Å². The molecule has 8 heteroatoms. The zero-order valence-electron chi connectivity index (χ0n) is 13.6. The van der Waals surface area contributed by atoms with Crippen LogP contribution >= 0.6 is 0 Å². The first-order valence-electron chi connectivity index (χ1n) is 7.61. The third-order valence-electron chi connectivity index (χ3n) is 3.39. The zero-order valence-corrected chi connectivity index (χ0v) is 14.4. The van der Waals surface area contributed by atoms with Gasteiger partial charge in [-0.15, -0.1) is 6.58 Å². The van der Waals surface area contributed by atoms with Crippen LogP contribution < -0.4 is 15.8 Å². The largest absolute Gasteiger partial charge is 0.385 e. The van der Waals surface area contributed by atoms with Gasteiger partial charge in [0.25, 0.3) is 5.91 Å². The molecule has 0 aliphatic heterocycles. The second kappa shape index (κ2) is 8.41. The van der Waals surface area contributed by atoms with E-state index < -0.39 is 10.0 Å². The van der Waals surface area contributed by atoms with Gasteiger partial charge in [0.1, 0.15) is 5.69 Å². The summed E-state index contributed by atoms with van der Waals surface area (Å²) in [5.41, 5.74) is 2.07. The van der Waals surface area contributed by atoms with Gasteiger partial charge in [-0.3, -0.25) is 9.78 Å². The average molecular weight is 360 g/mol. The number of sulfonamides is 1. The highest BCUT2D eigenvalue weighted by Crippen LogP contribution is 2.11. The minimum atomic E-state index is -3.67. The summed E-state index contributed by atoms with van der Waals surface area (Å²) < 4.78 is 22.4. The van der Waals surface area contributed by atoms with Gasteiger partial charge < -0.3 is 10.6 Å². The van der Waals surface area contributed by atoms with Gasteiger partial charge in [-0.25, -0.2) is 13.6 Å². The zero-order chi connectivity index (χ0) is 18.3. The molecule has 1 aromatic heterocycles. The number of carbonyl (C=O) groups is 1. The number of amides is 1. The lowest BCUT2D eigenvalue weighted by atomic mass is 10.1. The number of rotatable bonds is 8. The number of nitrogens with one attached hydrogen (secondary N) is 2. The summed E-state index contributed by atoms with van der Waals surface area (Å²) in [5.74, 6) is -0.262. The lowest BCUT2D eigenvalue weighted by Gasteiger charge is -2.08. The maximum Gasteiger partial charge on any atom is 0.270 e. The molecule has 4 N–H and O–H groups in total. The topological polar surface area (TPSA) is 114 Å². The first-order valence-corrected chi connectivity index (χ1v) is 9.15. The van der Waals surface area contributed by atoms with Crippen LogP contribution in [0, 0.1) is 0 Å². The summed E-state index contributed by atoms with van der Waals surface area (Å²) in [6.07, 6.45) is 3.85. The van der Waals surface area contributed by atoms with Gasteiger partial charge in [0, 0.05) is 25.0 Å². The lowest BCUT2D eigenvalue weighted by molar-refractivity contribution is 0.0953. The number of carbonyl (C=O) groups excluding carboxylic acids is 1. The predicted octanol–water partition coefficient (Wildman–Crippen LogP) is 1.30. The van der Waals surface area contributed by atoms with Crippen molar-refractivity contribution < 1.29 is 13.2 Å². The summed E-state index contributed by atoms with van der Waals surface area (Å²) in [6, 6.07) is 9.86. The Hall–Kier alpha value is -2.71. The summed E-state index contributed by atoms with van der Waals surface area (Å²) in [5, 5.41) is 10.9. The van der Waals surface area contributed by atoms with Crippen LogP contribution in [0.1, 0.15) is 16.1 Å². The Kier molecular flexibility index (Phi) is 6.26. The number of nitrogens with two attached hydrogens (primary N) is 1. The van der Waals surface area contributed by atoms with Crippen LogP contribution in [0.2, 0.25) is 0 Å². The van der Waals surface area contributed by atoms with Crippen molar-refractivity contribution in [3.8, 4) is 0 Å². The molecular weight excluding hydrogens is 340 g/mol. The second-order valence-electron chi connectivity index (χ2n) is 5.29. The van der Waals surface area contributed by atoms with Gasteiger partial charge in [0.05, 0.1) is 4.90 Å². The maximum atomic E-state index is 11.9. The molecule has 1 aromatic carbocycles. The third-order valence-corrected chi connectivity index (χ3v) is 4.32. The second-order valence-corrected chi connectivity index (χ2v) is 6.86. The fraction of sp³-hybridized carbons (Fsp3) is 0.176. The number of hydrogen-bond donors (Lipinski definition) is 3. The van der Waals surface area contributed by atoms with Gasteiger partial charge in [-0.05, 0) is 36.2 Å². The van der Waals surface area contributed by atoms with Crippen molar-refractivity contribution >= 4 is 21.6 Å². The van der Waals surface area contributed by atoms with Crippen molar-refractivity contribution in [2.24, 2.45) is 5.14 Å². The molecule has 1 heterocycles.